The number of hydrogen-bond acceptors (Lipinski definition) is 5. The third-order valence-electron chi connectivity index (χ3n) is 4.92. The van der Waals surface area contributed by atoms with Gasteiger partial charge in [-0.3, -0.25) is 14.2 Å². The number of rotatable bonds is 6. The first-order valence-electron chi connectivity index (χ1n) is 9.36. The van der Waals surface area contributed by atoms with Gasteiger partial charge in [-0.2, -0.15) is 0 Å². The summed E-state index contributed by atoms with van der Waals surface area (Å²) < 4.78 is 1.59. The molecular weight excluding hydrogens is 373 g/mol. The van der Waals surface area contributed by atoms with Crippen LogP contribution in [-0.4, -0.2) is 76.2 Å². The van der Waals surface area contributed by atoms with Crippen molar-refractivity contribution < 1.29 is 9.90 Å². The van der Waals surface area contributed by atoms with E-state index < -0.39 is 11.5 Å². The monoisotopic (exact) mass is 400 g/mol. The number of carbonyl (C=O) groups is 1. The van der Waals surface area contributed by atoms with Crippen molar-refractivity contribution in [1.82, 2.24) is 14.8 Å². The van der Waals surface area contributed by atoms with Gasteiger partial charge in [0.2, 0.25) is 0 Å². The van der Waals surface area contributed by atoms with Crippen molar-refractivity contribution in [2.24, 2.45) is 0 Å². The van der Waals surface area contributed by atoms with E-state index in [-0.39, 0.29) is 46.9 Å². The number of thiophene rings is 1. The van der Waals surface area contributed by atoms with E-state index in [0.717, 1.165) is 26.1 Å². The first kappa shape index (κ1) is 22.4. The topological polar surface area (TPSA) is 74.6 Å². The van der Waals surface area contributed by atoms with Crippen LogP contribution in [0.25, 0.3) is 10.2 Å². The molecule has 6 nitrogen and oxygen atoms in total. The minimum atomic E-state index is -0.492. The molecule has 1 radical (unpaired) electrons. The Bertz CT molecular complexity index is 841. The Kier molecular flexibility index (Phi) is 8.37. The Morgan fingerprint density at radius 2 is 2.00 bits per heavy atom. The van der Waals surface area contributed by atoms with Crippen LogP contribution in [0.5, 0.6) is 5.75 Å². The normalized spacial score (nSPS) is 15.1. The van der Waals surface area contributed by atoms with Crippen molar-refractivity contribution in [3.63, 3.8) is 0 Å². The molecule has 0 aliphatic carbocycles. The van der Waals surface area contributed by atoms with Crippen LogP contribution in [0, 0.1) is 0 Å². The van der Waals surface area contributed by atoms with Crippen LogP contribution in [0.2, 0.25) is 0 Å². The second kappa shape index (κ2) is 10.1. The Hall–Kier alpha value is -0.860. The zero-order valence-electron chi connectivity index (χ0n) is 16.5. The molecule has 1 aliphatic heterocycles. The summed E-state index contributed by atoms with van der Waals surface area (Å²) in [6.45, 7) is 7.50. The number of nitrogens with zero attached hydrogens (tertiary/aromatic N) is 2. The molecule has 2 aromatic rings. The fourth-order valence-corrected chi connectivity index (χ4v) is 4.60. The fraction of sp³-hybridized carbons (Fsp3) is 0.579. The van der Waals surface area contributed by atoms with E-state index in [1.54, 1.807) is 10.6 Å². The van der Waals surface area contributed by atoms with Crippen molar-refractivity contribution >= 4 is 57.0 Å². The summed E-state index contributed by atoms with van der Waals surface area (Å²) in [5, 5.41) is 15.7. The van der Waals surface area contributed by atoms with Crippen molar-refractivity contribution in [3.05, 3.63) is 27.4 Å². The van der Waals surface area contributed by atoms with Crippen LogP contribution in [-0.2, 0) is 0 Å². The van der Waals surface area contributed by atoms with Crippen LogP contribution in [0.1, 0.15) is 55.9 Å². The van der Waals surface area contributed by atoms with E-state index in [1.807, 2.05) is 19.2 Å². The molecule has 27 heavy (non-hydrogen) atoms. The minimum Gasteiger partial charge on any atom is -0.506 e. The van der Waals surface area contributed by atoms with Crippen LogP contribution >= 0.6 is 11.3 Å². The van der Waals surface area contributed by atoms with Gasteiger partial charge in [0.05, 0.1) is 5.39 Å². The molecule has 1 saturated heterocycles. The molecule has 8 heteroatoms. The van der Waals surface area contributed by atoms with Gasteiger partial charge in [-0.25, -0.2) is 0 Å². The molecule has 143 valence electrons. The van der Waals surface area contributed by atoms with Crippen LogP contribution in [0.3, 0.4) is 0 Å². The average Bonchev–Trinajstić information content (AvgIpc) is 3.09. The summed E-state index contributed by atoms with van der Waals surface area (Å²) in [5.41, 5.74) is -0.580. The molecule has 0 spiro atoms. The maximum absolute atomic E-state index is 12.8. The van der Waals surface area contributed by atoms with Gasteiger partial charge in [0.1, 0.15) is 16.1 Å². The van der Waals surface area contributed by atoms with Gasteiger partial charge >= 0.3 is 0 Å². The average molecular weight is 401 g/mol. The standard InChI is InChI=1S/C19H27N3O3S.Na/c1-13(2)22-18(25)15(16(23)14-7-12-26-19(14)22)17(24)20-8-6-11-21-9-4-3-5-10-21;/h7,12-13,23H,3-6,8-11H2,1-2H3,(H,20,24);. The molecule has 1 fully saturated rings. The summed E-state index contributed by atoms with van der Waals surface area (Å²) in [4.78, 5) is 28.5. The van der Waals surface area contributed by atoms with Gasteiger partial charge in [0.25, 0.3) is 11.5 Å². The summed E-state index contributed by atoms with van der Waals surface area (Å²) in [5.74, 6) is -0.703. The number of fused-ring (bicyclic) bond motifs is 1. The molecule has 3 heterocycles. The quantitative estimate of drug-likeness (QED) is 0.577. The SMILES string of the molecule is CC(C)n1c(=O)c(C(=O)NCCCN2CCCCC2)c(O)c2ccsc21.[Na]. The van der Waals surface area contributed by atoms with E-state index in [4.69, 9.17) is 0 Å². The molecule has 0 saturated carbocycles. The maximum Gasteiger partial charge on any atom is 0.268 e. The summed E-state index contributed by atoms with van der Waals surface area (Å²) in [6.07, 6.45) is 4.64. The molecule has 0 unspecified atom stereocenters. The van der Waals surface area contributed by atoms with E-state index in [1.165, 1.54) is 30.6 Å². The van der Waals surface area contributed by atoms with E-state index in [0.29, 0.717) is 16.8 Å². The number of hydrogen-bond donors (Lipinski definition) is 2. The van der Waals surface area contributed by atoms with Crippen molar-refractivity contribution in [1.29, 1.82) is 0 Å². The zero-order chi connectivity index (χ0) is 18.7. The Morgan fingerprint density at radius 1 is 1.30 bits per heavy atom. The smallest absolute Gasteiger partial charge is 0.268 e. The number of carbonyl (C=O) groups excluding carboxylic acids is 1. The first-order valence-corrected chi connectivity index (χ1v) is 10.2. The Morgan fingerprint density at radius 3 is 2.67 bits per heavy atom. The number of pyridine rings is 1. The number of likely N-dealkylation sites (tertiary alicyclic amines) is 1. The molecule has 2 N–H and O–H groups in total. The zero-order valence-corrected chi connectivity index (χ0v) is 19.3. The Balaban J connectivity index is 0.00000261. The van der Waals surface area contributed by atoms with E-state index in [9.17, 15) is 14.7 Å². The summed E-state index contributed by atoms with van der Waals surface area (Å²) >= 11 is 1.39. The number of piperidine rings is 1. The third kappa shape index (κ3) is 4.95. The van der Waals surface area contributed by atoms with Crippen LogP contribution in [0.4, 0.5) is 0 Å². The van der Waals surface area contributed by atoms with Gasteiger partial charge in [-0.15, -0.1) is 11.3 Å². The number of nitrogens with one attached hydrogen (secondary N) is 1. The maximum atomic E-state index is 12.8. The molecule has 2 aromatic heterocycles. The third-order valence-corrected chi connectivity index (χ3v) is 5.83. The molecule has 3 rings (SSSR count). The van der Waals surface area contributed by atoms with E-state index in [2.05, 4.69) is 10.2 Å². The van der Waals surface area contributed by atoms with Gasteiger partial charge in [0.15, 0.2) is 0 Å². The molecule has 0 aromatic carbocycles. The molecule has 1 aliphatic rings. The fourth-order valence-electron chi connectivity index (χ4n) is 3.57. The minimum absolute atomic E-state index is 0. The molecule has 0 bridgehead atoms. The van der Waals surface area contributed by atoms with Gasteiger partial charge in [0, 0.05) is 42.1 Å². The van der Waals surface area contributed by atoms with Crippen molar-refractivity contribution in [3.8, 4) is 5.75 Å². The van der Waals surface area contributed by atoms with Gasteiger partial charge < -0.3 is 15.3 Å². The predicted molar refractivity (Wildman–Crippen MR) is 111 cm³/mol. The summed E-state index contributed by atoms with van der Waals surface area (Å²) in [6, 6.07) is 1.66. The second-order valence-electron chi connectivity index (χ2n) is 7.14. The molecule has 1 amide bonds. The second-order valence-corrected chi connectivity index (χ2v) is 8.04. The van der Waals surface area contributed by atoms with Gasteiger partial charge in [-0.05, 0) is 64.2 Å². The molecule has 0 atom stereocenters. The number of amides is 1. The van der Waals surface area contributed by atoms with Crippen molar-refractivity contribution in [2.75, 3.05) is 26.2 Å². The van der Waals surface area contributed by atoms with Gasteiger partial charge in [-0.1, -0.05) is 6.42 Å². The number of aromatic nitrogens is 1. The number of aromatic hydroxyl groups is 1. The summed E-state index contributed by atoms with van der Waals surface area (Å²) in [7, 11) is 0. The van der Waals surface area contributed by atoms with Crippen molar-refractivity contribution in [2.45, 2.75) is 45.6 Å². The largest absolute Gasteiger partial charge is 0.506 e. The van der Waals surface area contributed by atoms with E-state index >= 15 is 0 Å². The molecular formula is C19H27N3NaO3S. The first-order chi connectivity index (χ1) is 12.5. The van der Waals surface area contributed by atoms with Crippen LogP contribution in [0.15, 0.2) is 16.2 Å². The Labute approximate surface area is 185 Å². The van der Waals surface area contributed by atoms with Crippen LogP contribution < -0.4 is 10.9 Å². The predicted octanol–water partition coefficient (Wildman–Crippen LogP) is 2.57.